The number of rotatable bonds is 3. The van der Waals surface area contributed by atoms with Gasteiger partial charge in [-0.15, -0.1) is 0 Å². The molecule has 0 N–H and O–H groups in total. The van der Waals surface area contributed by atoms with Gasteiger partial charge >= 0.3 is 5.97 Å². The van der Waals surface area contributed by atoms with Gasteiger partial charge in [-0.3, -0.25) is 0 Å². The van der Waals surface area contributed by atoms with Gasteiger partial charge in [0.2, 0.25) is 0 Å². The summed E-state index contributed by atoms with van der Waals surface area (Å²) in [6.45, 7) is 8.76. The molecule has 0 atom stereocenters. The Labute approximate surface area is 126 Å². The van der Waals surface area contributed by atoms with Crippen LogP contribution >= 0.6 is 0 Å². The fourth-order valence-corrected chi connectivity index (χ4v) is 2.13. The van der Waals surface area contributed by atoms with Gasteiger partial charge in [0.05, 0.1) is 5.56 Å². The second-order valence-electron chi connectivity index (χ2n) is 6.34. The SMILES string of the molecule is Cc1ccccc1C(=O)OCc1ccc(C(C)(C)C)cc1. The average molecular weight is 282 g/mol. The Morgan fingerprint density at radius 3 is 2.19 bits per heavy atom. The summed E-state index contributed by atoms with van der Waals surface area (Å²) in [5.41, 5.74) is 3.98. The normalized spacial score (nSPS) is 11.2. The standard InChI is InChI=1S/C19H22O2/c1-14-7-5-6-8-17(14)18(20)21-13-15-9-11-16(12-10-15)19(2,3)4/h5-12H,13H2,1-4H3. The third-order valence-electron chi connectivity index (χ3n) is 3.55. The van der Waals surface area contributed by atoms with E-state index in [0.29, 0.717) is 12.2 Å². The van der Waals surface area contributed by atoms with Crippen LogP contribution in [-0.4, -0.2) is 5.97 Å². The molecule has 2 nitrogen and oxygen atoms in total. The predicted molar refractivity (Wildman–Crippen MR) is 85.4 cm³/mol. The summed E-state index contributed by atoms with van der Waals surface area (Å²) in [5, 5.41) is 0. The first kappa shape index (κ1) is 15.3. The molecule has 110 valence electrons. The lowest BCUT2D eigenvalue weighted by molar-refractivity contribution is 0.0472. The number of ether oxygens (including phenoxy) is 1. The highest BCUT2D eigenvalue weighted by molar-refractivity contribution is 5.90. The number of esters is 1. The lowest BCUT2D eigenvalue weighted by atomic mass is 9.87. The van der Waals surface area contributed by atoms with E-state index < -0.39 is 0 Å². The second kappa shape index (κ2) is 6.13. The first-order chi connectivity index (χ1) is 9.88. The van der Waals surface area contributed by atoms with Crippen LogP contribution in [0.15, 0.2) is 48.5 Å². The molecule has 0 spiro atoms. The molecule has 0 fully saturated rings. The Morgan fingerprint density at radius 1 is 1.00 bits per heavy atom. The molecule has 0 aliphatic rings. The maximum atomic E-state index is 12.0. The highest BCUT2D eigenvalue weighted by Crippen LogP contribution is 2.22. The van der Waals surface area contributed by atoms with Crippen LogP contribution in [-0.2, 0) is 16.8 Å². The van der Waals surface area contributed by atoms with Crippen LogP contribution in [0.1, 0.15) is 47.8 Å². The molecule has 21 heavy (non-hydrogen) atoms. The molecule has 2 heteroatoms. The van der Waals surface area contributed by atoms with Crippen molar-refractivity contribution in [2.45, 2.75) is 39.7 Å². The monoisotopic (exact) mass is 282 g/mol. The van der Waals surface area contributed by atoms with Gasteiger partial charge in [-0.25, -0.2) is 4.79 Å². The van der Waals surface area contributed by atoms with E-state index in [4.69, 9.17) is 4.74 Å². The summed E-state index contributed by atoms with van der Waals surface area (Å²) in [6, 6.07) is 15.7. The van der Waals surface area contributed by atoms with Gasteiger partial charge in [-0.05, 0) is 35.1 Å². The zero-order valence-electron chi connectivity index (χ0n) is 13.1. The number of hydrogen-bond donors (Lipinski definition) is 0. The van der Waals surface area contributed by atoms with Gasteiger partial charge in [0, 0.05) is 0 Å². The maximum absolute atomic E-state index is 12.0. The number of carbonyl (C=O) groups excluding carboxylic acids is 1. The minimum atomic E-state index is -0.270. The molecule has 2 rings (SSSR count). The molecule has 0 aromatic heterocycles. The Balaban J connectivity index is 2.00. The molecule has 0 aliphatic heterocycles. The van der Waals surface area contributed by atoms with Crippen molar-refractivity contribution in [1.82, 2.24) is 0 Å². The lowest BCUT2D eigenvalue weighted by Crippen LogP contribution is -2.11. The molecule has 0 unspecified atom stereocenters. The lowest BCUT2D eigenvalue weighted by Gasteiger charge is -2.19. The van der Waals surface area contributed by atoms with E-state index in [1.807, 2.05) is 37.3 Å². The Bertz CT molecular complexity index is 619. The molecule has 2 aromatic rings. The highest BCUT2D eigenvalue weighted by atomic mass is 16.5. The molecular formula is C19H22O2. The zero-order chi connectivity index (χ0) is 15.5. The predicted octanol–water partition coefficient (Wildman–Crippen LogP) is 4.65. The number of carbonyl (C=O) groups is 1. The molecule has 0 amide bonds. The minimum Gasteiger partial charge on any atom is -0.457 e. The smallest absolute Gasteiger partial charge is 0.338 e. The highest BCUT2D eigenvalue weighted by Gasteiger charge is 2.13. The summed E-state index contributed by atoms with van der Waals surface area (Å²) >= 11 is 0. The van der Waals surface area contributed by atoms with E-state index in [0.717, 1.165) is 11.1 Å². The zero-order valence-corrected chi connectivity index (χ0v) is 13.1. The second-order valence-corrected chi connectivity index (χ2v) is 6.34. The maximum Gasteiger partial charge on any atom is 0.338 e. The van der Waals surface area contributed by atoms with Crippen molar-refractivity contribution in [3.8, 4) is 0 Å². The topological polar surface area (TPSA) is 26.3 Å². The van der Waals surface area contributed by atoms with Crippen LogP contribution < -0.4 is 0 Å². The Kier molecular flexibility index (Phi) is 4.46. The van der Waals surface area contributed by atoms with Crippen LogP contribution in [0.4, 0.5) is 0 Å². The van der Waals surface area contributed by atoms with Gasteiger partial charge in [0.15, 0.2) is 0 Å². The molecule has 0 saturated carbocycles. The number of hydrogen-bond acceptors (Lipinski definition) is 2. The number of benzene rings is 2. The van der Waals surface area contributed by atoms with Crippen LogP contribution in [0.25, 0.3) is 0 Å². The van der Waals surface area contributed by atoms with Gasteiger partial charge in [0.1, 0.15) is 6.61 Å². The summed E-state index contributed by atoms with van der Waals surface area (Å²) in [6.07, 6.45) is 0. The van der Waals surface area contributed by atoms with Crippen molar-refractivity contribution in [1.29, 1.82) is 0 Å². The quantitative estimate of drug-likeness (QED) is 0.766. The summed E-state index contributed by atoms with van der Waals surface area (Å²) in [7, 11) is 0. The van der Waals surface area contributed by atoms with E-state index >= 15 is 0 Å². The van der Waals surface area contributed by atoms with Crippen molar-refractivity contribution in [2.24, 2.45) is 0 Å². The van der Waals surface area contributed by atoms with Crippen molar-refractivity contribution >= 4 is 5.97 Å². The Hall–Kier alpha value is -2.09. The largest absolute Gasteiger partial charge is 0.457 e. The van der Waals surface area contributed by atoms with Crippen LogP contribution in [0.3, 0.4) is 0 Å². The van der Waals surface area contributed by atoms with Gasteiger partial charge in [-0.1, -0.05) is 63.2 Å². The fourth-order valence-electron chi connectivity index (χ4n) is 2.13. The molecule has 0 aliphatic carbocycles. The van der Waals surface area contributed by atoms with E-state index in [1.165, 1.54) is 5.56 Å². The van der Waals surface area contributed by atoms with Gasteiger partial charge in [-0.2, -0.15) is 0 Å². The van der Waals surface area contributed by atoms with Crippen LogP contribution in [0.5, 0.6) is 0 Å². The molecule has 0 heterocycles. The van der Waals surface area contributed by atoms with Crippen LogP contribution in [0, 0.1) is 6.92 Å². The van der Waals surface area contributed by atoms with Crippen molar-refractivity contribution < 1.29 is 9.53 Å². The third kappa shape index (κ3) is 3.94. The fraction of sp³-hybridized carbons (Fsp3) is 0.316. The van der Waals surface area contributed by atoms with E-state index in [9.17, 15) is 4.79 Å². The summed E-state index contributed by atoms with van der Waals surface area (Å²) in [5.74, 6) is -0.270. The van der Waals surface area contributed by atoms with E-state index in [-0.39, 0.29) is 11.4 Å². The third-order valence-corrected chi connectivity index (χ3v) is 3.55. The van der Waals surface area contributed by atoms with E-state index in [1.54, 1.807) is 6.07 Å². The van der Waals surface area contributed by atoms with Crippen molar-refractivity contribution in [3.05, 3.63) is 70.8 Å². The minimum absolute atomic E-state index is 0.135. The Morgan fingerprint density at radius 2 is 1.62 bits per heavy atom. The molecule has 0 saturated heterocycles. The van der Waals surface area contributed by atoms with Gasteiger partial charge < -0.3 is 4.74 Å². The molecule has 0 radical (unpaired) electrons. The van der Waals surface area contributed by atoms with Crippen molar-refractivity contribution in [3.63, 3.8) is 0 Å². The first-order valence-corrected chi connectivity index (χ1v) is 7.20. The van der Waals surface area contributed by atoms with E-state index in [2.05, 4.69) is 32.9 Å². The summed E-state index contributed by atoms with van der Waals surface area (Å²) < 4.78 is 5.38. The molecule has 0 bridgehead atoms. The van der Waals surface area contributed by atoms with Crippen LogP contribution in [0.2, 0.25) is 0 Å². The molecule has 2 aromatic carbocycles. The molecular weight excluding hydrogens is 260 g/mol. The first-order valence-electron chi connectivity index (χ1n) is 7.20. The van der Waals surface area contributed by atoms with Gasteiger partial charge in [0.25, 0.3) is 0 Å². The van der Waals surface area contributed by atoms with Crippen molar-refractivity contribution in [2.75, 3.05) is 0 Å². The average Bonchev–Trinajstić information content (AvgIpc) is 2.45. The number of aryl methyl sites for hydroxylation is 1. The summed E-state index contributed by atoms with van der Waals surface area (Å²) in [4.78, 5) is 12.0.